The lowest BCUT2D eigenvalue weighted by Crippen LogP contribution is -2.45. The minimum Gasteiger partial charge on any atom is -0.348 e. The molecule has 0 aliphatic rings. The van der Waals surface area contributed by atoms with Gasteiger partial charge < -0.3 is 5.32 Å². The number of aromatic nitrogens is 1. The molecule has 1 N–H and O–H groups in total. The molecule has 3 heteroatoms. The average Bonchev–Trinajstić information content (AvgIpc) is 2.60. The molecular formula is C21H23N2O+. The van der Waals surface area contributed by atoms with Crippen LogP contribution in [0, 0.1) is 0 Å². The molecule has 1 amide bonds. The summed E-state index contributed by atoms with van der Waals surface area (Å²) in [6, 6.07) is 20.8. The maximum absolute atomic E-state index is 12.2. The van der Waals surface area contributed by atoms with Crippen molar-refractivity contribution in [2.75, 3.05) is 0 Å². The van der Waals surface area contributed by atoms with Crippen molar-refractivity contribution in [2.24, 2.45) is 0 Å². The highest BCUT2D eigenvalue weighted by molar-refractivity contribution is 5.80. The van der Waals surface area contributed by atoms with Gasteiger partial charge in [0.1, 0.15) is 0 Å². The van der Waals surface area contributed by atoms with Crippen LogP contribution in [0.5, 0.6) is 0 Å². The Hall–Kier alpha value is -2.68. The number of amides is 1. The lowest BCUT2D eigenvalue weighted by Gasteiger charge is -2.12. The van der Waals surface area contributed by atoms with E-state index in [2.05, 4.69) is 48.6 Å². The smallest absolute Gasteiger partial charge is 0.286 e. The monoisotopic (exact) mass is 319 g/mol. The van der Waals surface area contributed by atoms with Gasteiger partial charge in [0.15, 0.2) is 12.4 Å². The van der Waals surface area contributed by atoms with Gasteiger partial charge in [0.2, 0.25) is 6.54 Å². The molecule has 0 aliphatic heterocycles. The van der Waals surface area contributed by atoms with E-state index in [-0.39, 0.29) is 11.9 Å². The van der Waals surface area contributed by atoms with Crippen molar-refractivity contribution in [2.45, 2.75) is 32.4 Å². The van der Waals surface area contributed by atoms with Gasteiger partial charge in [-0.25, -0.2) is 0 Å². The highest BCUT2D eigenvalue weighted by Gasteiger charge is 2.13. The Morgan fingerprint density at radius 2 is 1.71 bits per heavy atom. The summed E-state index contributed by atoms with van der Waals surface area (Å²) in [6.07, 6.45) is 5.89. The zero-order valence-electron chi connectivity index (χ0n) is 14.0. The van der Waals surface area contributed by atoms with Crippen LogP contribution in [0.15, 0.2) is 73.1 Å². The van der Waals surface area contributed by atoms with Crippen molar-refractivity contribution in [1.29, 1.82) is 0 Å². The van der Waals surface area contributed by atoms with E-state index < -0.39 is 0 Å². The number of rotatable bonds is 6. The standard InChI is InChI=1S/C21H22N2O/c1-17(11-12-18-7-3-2-4-8-18)22-21(24)16-23-14-13-19-9-5-6-10-20(19)15-23/h2-10,13-15,17H,11-12,16H2,1H3/p+1/t17-/m1/s1. The Morgan fingerprint density at radius 3 is 2.50 bits per heavy atom. The van der Waals surface area contributed by atoms with Crippen molar-refractivity contribution >= 4 is 16.7 Å². The van der Waals surface area contributed by atoms with Gasteiger partial charge in [-0.2, -0.15) is 4.57 Å². The summed E-state index contributed by atoms with van der Waals surface area (Å²) in [7, 11) is 0. The number of pyridine rings is 1. The second kappa shape index (κ2) is 7.73. The normalized spacial score (nSPS) is 12.0. The number of nitrogens with one attached hydrogen (secondary N) is 1. The molecule has 1 aromatic heterocycles. The molecule has 0 radical (unpaired) electrons. The summed E-state index contributed by atoms with van der Waals surface area (Å²) in [6.45, 7) is 2.41. The van der Waals surface area contributed by atoms with E-state index in [1.807, 2.05) is 41.2 Å². The van der Waals surface area contributed by atoms with Crippen molar-refractivity contribution in [3.05, 3.63) is 78.6 Å². The van der Waals surface area contributed by atoms with E-state index in [1.165, 1.54) is 10.9 Å². The van der Waals surface area contributed by atoms with Gasteiger partial charge in [-0.05, 0) is 36.8 Å². The zero-order chi connectivity index (χ0) is 16.8. The van der Waals surface area contributed by atoms with Gasteiger partial charge in [0.05, 0.1) is 0 Å². The van der Waals surface area contributed by atoms with Crippen LogP contribution >= 0.6 is 0 Å². The van der Waals surface area contributed by atoms with Gasteiger partial charge in [0, 0.05) is 17.5 Å². The Balaban J connectivity index is 1.52. The van der Waals surface area contributed by atoms with E-state index in [0.29, 0.717) is 6.54 Å². The Kier molecular flexibility index (Phi) is 5.22. The summed E-state index contributed by atoms with van der Waals surface area (Å²) in [5, 5.41) is 5.42. The van der Waals surface area contributed by atoms with Crippen LogP contribution in [0.2, 0.25) is 0 Å². The first kappa shape index (κ1) is 16.2. The molecule has 3 rings (SSSR count). The molecule has 3 aromatic rings. The molecule has 0 saturated heterocycles. The Morgan fingerprint density at radius 1 is 1.00 bits per heavy atom. The predicted molar refractivity (Wildman–Crippen MR) is 96.5 cm³/mol. The molecular weight excluding hydrogens is 296 g/mol. The quantitative estimate of drug-likeness (QED) is 0.695. The second-order valence-corrected chi connectivity index (χ2v) is 6.24. The van der Waals surface area contributed by atoms with Crippen LogP contribution in [0.4, 0.5) is 0 Å². The fourth-order valence-corrected chi connectivity index (χ4v) is 2.86. The van der Waals surface area contributed by atoms with Crippen LogP contribution in [0.1, 0.15) is 18.9 Å². The molecule has 0 spiro atoms. The SMILES string of the molecule is C[C@H](CCc1ccccc1)NC(=O)C[n+]1ccc2ccccc2c1. The number of hydrogen-bond acceptors (Lipinski definition) is 1. The molecule has 3 nitrogen and oxygen atoms in total. The maximum atomic E-state index is 12.2. The van der Waals surface area contributed by atoms with Crippen molar-refractivity contribution in [3.63, 3.8) is 0 Å². The van der Waals surface area contributed by atoms with Crippen molar-refractivity contribution in [3.8, 4) is 0 Å². The minimum atomic E-state index is 0.0517. The van der Waals surface area contributed by atoms with E-state index >= 15 is 0 Å². The maximum Gasteiger partial charge on any atom is 0.286 e. The summed E-state index contributed by atoms with van der Waals surface area (Å²) in [5.74, 6) is 0.0517. The number of hydrogen-bond donors (Lipinski definition) is 1. The molecule has 1 atom stereocenters. The largest absolute Gasteiger partial charge is 0.348 e. The Bertz CT molecular complexity index is 814. The van der Waals surface area contributed by atoms with Gasteiger partial charge in [-0.3, -0.25) is 4.79 Å². The molecule has 2 aromatic carbocycles. The second-order valence-electron chi connectivity index (χ2n) is 6.24. The van der Waals surface area contributed by atoms with Crippen molar-refractivity contribution < 1.29 is 9.36 Å². The zero-order valence-corrected chi connectivity index (χ0v) is 14.0. The summed E-state index contributed by atoms with van der Waals surface area (Å²) < 4.78 is 1.93. The van der Waals surface area contributed by atoms with Crippen molar-refractivity contribution in [1.82, 2.24) is 5.32 Å². The average molecular weight is 319 g/mol. The van der Waals surface area contributed by atoms with Crippen LogP contribution in [0.3, 0.4) is 0 Å². The van der Waals surface area contributed by atoms with Crippen LogP contribution in [-0.2, 0) is 17.8 Å². The third kappa shape index (κ3) is 4.42. The predicted octanol–water partition coefficient (Wildman–Crippen LogP) is 3.26. The van der Waals surface area contributed by atoms with Crippen LogP contribution in [-0.4, -0.2) is 11.9 Å². The molecule has 24 heavy (non-hydrogen) atoms. The van der Waals surface area contributed by atoms with Gasteiger partial charge >= 0.3 is 0 Å². The number of fused-ring (bicyclic) bond motifs is 1. The van der Waals surface area contributed by atoms with Gasteiger partial charge in [-0.1, -0.05) is 48.5 Å². The van der Waals surface area contributed by atoms with Crippen LogP contribution in [0.25, 0.3) is 10.8 Å². The summed E-state index contributed by atoms with van der Waals surface area (Å²) in [5.41, 5.74) is 1.31. The number of carbonyl (C=O) groups excluding carboxylic acids is 1. The topological polar surface area (TPSA) is 33.0 Å². The first-order valence-electron chi connectivity index (χ1n) is 8.42. The number of nitrogens with zero attached hydrogens (tertiary/aromatic N) is 1. The highest BCUT2D eigenvalue weighted by Crippen LogP contribution is 2.09. The molecule has 0 aliphatic carbocycles. The molecule has 0 fully saturated rings. The Labute approximate surface area is 143 Å². The van der Waals surface area contributed by atoms with E-state index in [1.54, 1.807) is 0 Å². The number of benzene rings is 2. The highest BCUT2D eigenvalue weighted by atomic mass is 16.2. The fraction of sp³-hybridized carbons (Fsp3) is 0.238. The molecule has 0 saturated carbocycles. The molecule has 1 heterocycles. The van der Waals surface area contributed by atoms with E-state index in [9.17, 15) is 4.79 Å². The van der Waals surface area contributed by atoms with Gasteiger partial charge in [-0.15, -0.1) is 0 Å². The first-order valence-corrected chi connectivity index (χ1v) is 8.42. The third-order valence-corrected chi connectivity index (χ3v) is 4.19. The third-order valence-electron chi connectivity index (χ3n) is 4.19. The molecule has 0 unspecified atom stereocenters. The number of aryl methyl sites for hydroxylation is 1. The van der Waals surface area contributed by atoms with E-state index in [0.717, 1.165) is 18.2 Å². The lowest BCUT2D eigenvalue weighted by molar-refractivity contribution is -0.683. The lowest BCUT2D eigenvalue weighted by atomic mass is 10.1. The first-order chi connectivity index (χ1) is 11.7. The summed E-state index contributed by atoms with van der Waals surface area (Å²) >= 11 is 0. The van der Waals surface area contributed by atoms with E-state index in [4.69, 9.17) is 0 Å². The number of carbonyl (C=O) groups is 1. The molecule has 122 valence electrons. The molecule has 0 bridgehead atoms. The van der Waals surface area contributed by atoms with Gasteiger partial charge in [0.25, 0.3) is 5.91 Å². The fourth-order valence-electron chi connectivity index (χ4n) is 2.86. The summed E-state index contributed by atoms with van der Waals surface area (Å²) in [4.78, 5) is 12.2. The minimum absolute atomic E-state index is 0.0517. The van der Waals surface area contributed by atoms with Crippen LogP contribution < -0.4 is 9.88 Å².